The summed E-state index contributed by atoms with van der Waals surface area (Å²) in [5.74, 6) is -0.555. The smallest absolute Gasteiger partial charge is 0.303 e. The average Bonchev–Trinajstić information content (AvgIpc) is 1.61. The van der Waals surface area contributed by atoms with E-state index in [9.17, 15) is 4.79 Å². The minimum absolute atomic E-state index is 0.102. The third-order valence-electron chi connectivity index (χ3n) is 0.431. The van der Waals surface area contributed by atoms with Crippen LogP contribution in [0.1, 0.15) is 6.92 Å². The zero-order chi connectivity index (χ0) is 6.57. The highest BCUT2D eigenvalue weighted by atomic mass is 16.5. The number of nitrogens with two attached hydrogens (primary N) is 1. The fraction of sp³-hybridized carbons (Fsp3) is 0.500. The first-order chi connectivity index (χ1) is 3.63. The van der Waals surface area contributed by atoms with Crippen LogP contribution in [0.3, 0.4) is 0 Å². The molecular weight excluding hydrogens is 108 g/mol. The fourth-order valence-corrected chi connectivity index (χ4v) is 0.179. The first-order valence-corrected chi connectivity index (χ1v) is 2.09. The van der Waals surface area contributed by atoms with E-state index < -0.39 is 5.97 Å². The molecule has 0 heterocycles. The highest BCUT2D eigenvalue weighted by Gasteiger charge is 1.91. The van der Waals surface area contributed by atoms with Crippen LogP contribution in [0.25, 0.3) is 0 Å². The number of hydrogen-bond donors (Lipinski definition) is 2. The Morgan fingerprint density at radius 2 is 2.38 bits per heavy atom. The average molecular weight is 116 g/mol. The summed E-state index contributed by atoms with van der Waals surface area (Å²) in [6.45, 7) is 1.16. The van der Waals surface area contributed by atoms with Gasteiger partial charge in [0.05, 0.1) is 0 Å². The Hall–Kier alpha value is -1.06. The molecule has 0 aromatic rings. The van der Waals surface area contributed by atoms with Crippen molar-refractivity contribution in [3.63, 3.8) is 0 Å². The van der Waals surface area contributed by atoms with Gasteiger partial charge in [-0.05, 0) is 0 Å². The lowest BCUT2D eigenvalue weighted by Crippen LogP contribution is -2.18. The Labute approximate surface area is 47.1 Å². The molecule has 46 valence electrons. The van der Waals surface area contributed by atoms with Gasteiger partial charge in [0.15, 0.2) is 0 Å². The van der Waals surface area contributed by atoms with Crippen LogP contribution < -0.4 is 5.73 Å². The van der Waals surface area contributed by atoms with E-state index in [1.807, 2.05) is 0 Å². The minimum atomic E-state index is -0.416. The van der Waals surface area contributed by atoms with Crippen LogP contribution in [0, 0.1) is 5.41 Å². The van der Waals surface area contributed by atoms with Gasteiger partial charge in [-0.2, -0.15) is 0 Å². The molecule has 0 aromatic heterocycles. The number of carbonyl (C=O) groups is 1. The lowest BCUT2D eigenvalue weighted by molar-refractivity contribution is -0.139. The molecule has 0 saturated heterocycles. The van der Waals surface area contributed by atoms with Crippen molar-refractivity contribution in [1.82, 2.24) is 0 Å². The van der Waals surface area contributed by atoms with Gasteiger partial charge in [-0.3, -0.25) is 10.2 Å². The number of ether oxygens (including phenoxy) is 1. The number of hydrogen-bond acceptors (Lipinski definition) is 3. The van der Waals surface area contributed by atoms with Gasteiger partial charge in [0, 0.05) is 6.92 Å². The normalized spacial score (nSPS) is 8.12. The molecule has 8 heavy (non-hydrogen) atoms. The van der Waals surface area contributed by atoms with Crippen molar-refractivity contribution in [2.75, 3.05) is 6.61 Å². The highest BCUT2D eigenvalue weighted by Crippen LogP contribution is 1.72. The molecule has 0 aliphatic heterocycles. The van der Waals surface area contributed by atoms with Crippen LogP contribution in [0.5, 0.6) is 0 Å². The van der Waals surface area contributed by atoms with Crippen molar-refractivity contribution in [2.24, 2.45) is 5.73 Å². The van der Waals surface area contributed by atoms with E-state index in [0.717, 1.165) is 0 Å². The molecule has 4 nitrogen and oxygen atoms in total. The summed E-state index contributed by atoms with van der Waals surface area (Å²) in [5.41, 5.74) is 4.85. The standard InChI is InChI=1S/C4H8N2O2/c1-3(7)8-2-4(5)6/h2H2,1H3,(H3,5,6). The summed E-state index contributed by atoms with van der Waals surface area (Å²) < 4.78 is 4.31. The van der Waals surface area contributed by atoms with Crippen molar-refractivity contribution < 1.29 is 9.53 Å². The van der Waals surface area contributed by atoms with Gasteiger partial charge in [-0.15, -0.1) is 0 Å². The van der Waals surface area contributed by atoms with E-state index in [-0.39, 0.29) is 12.4 Å². The molecule has 0 aromatic carbocycles. The molecule has 4 heteroatoms. The first-order valence-electron chi connectivity index (χ1n) is 2.09. The molecule has 0 fully saturated rings. The van der Waals surface area contributed by atoms with E-state index in [1.165, 1.54) is 6.92 Å². The van der Waals surface area contributed by atoms with E-state index in [4.69, 9.17) is 11.1 Å². The van der Waals surface area contributed by atoms with Crippen molar-refractivity contribution in [3.8, 4) is 0 Å². The van der Waals surface area contributed by atoms with E-state index >= 15 is 0 Å². The lowest BCUT2D eigenvalue weighted by Gasteiger charge is -1.95. The molecule has 0 radical (unpaired) electrons. The SMILES string of the molecule is CC(=O)OCC(=N)N. The van der Waals surface area contributed by atoms with Crippen molar-refractivity contribution in [2.45, 2.75) is 6.92 Å². The highest BCUT2D eigenvalue weighted by molar-refractivity contribution is 5.80. The summed E-state index contributed by atoms with van der Waals surface area (Å²) in [4.78, 5) is 9.97. The molecule has 0 aliphatic rings. The number of rotatable bonds is 2. The number of carbonyl (C=O) groups excluding carboxylic acids is 1. The Morgan fingerprint density at radius 1 is 1.88 bits per heavy atom. The van der Waals surface area contributed by atoms with Crippen LogP contribution in [0.4, 0.5) is 0 Å². The largest absolute Gasteiger partial charge is 0.458 e. The van der Waals surface area contributed by atoms with Gasteiger partial charge < -0.3 is 10.5 Å². The Bertz CT molecular complexity index is 96.6. The molecule has 0 saturated carbocycles. The van der Waals surface area contributed by atoms with Gasteiger partial charge in [-0.1, -0.05) is 0 Å². The summed E-state index contributed by atoms with van der Waals surface area (Å²) in [5, 5.41) is 6.59. The summed E-state index contributed by atoms with van der Waals surface area (Å²) in [7, 11) is 0. The number of esters is 1. The predicted octanol–water partition coefficient (Wildman–Crippen LogP) is -0.515. The third-order valence-corrected chi connectivity index (χ3v) is 0.431. The van der Waals surface area contributed by atoms with E-state index in [2.05, 4.69) is 4.74 Å². The zero-order valence-corrected chi connectivity index (χ0v) is 4.60. The van der Waals surface area contributed by atoms with E-state index in [1.54, 1.807) is 0 Å². The second-order valence-electron chi connectivity index (χ2n) is 1.31. The van der Waals surface area contributed by atoms with E-state index in [0.29, 0.717) is 0 Å². The molecule has 0 bridgehead atoms. The summed E-state index contributed by atoms with van der Waals surface area (Å²) >= 11 is 0. The molecule has 0 amide bonds. The third kappa shape index (κ3) is 4.94. The summed E-state index contributed by atoms with van der Waals surface area (Å²) in [6, 6.07) is 0. The van der Waals surface area contributed by atoms with Crippen molar-refractivity contribution in [1.29, 1.82) is 5.41 Å². The lowest BCUT2D eigenvalue weighted by atomic mass is 10.6. The van der Waals surface area contributed by atoms with Crippen molar-refractivity contribution >= 4 is 11.8 Å². The Kier molecular flexibility index (Phi) is 2.61. The van der Waals surface area contributed by atoms with Crippen LogP contribution in [0.2, 0.25) is 0 Å². The van der Waals surface area contributed by atoms with Gasteiger partial charge >= 0.3 is 5.97 Å². The predicted molar refractivity (Wildman–Crippen MR) is 28.5 cm³/mol. The van der Waals surface area contributed by atoms with Gasteiger partial charge in [0.1, 0.15) is 12.4 Å². The molecule has 3 N–H and O–H groups in total. The van der Waals surface area contributed by atoms with Gasteiger partial charge in [0.25, 0.3) is 0 Å². The zero-order valence-electron chi connectivity index (χ0n) is 4.60. The monoisotopic (exact) mass is 116 g/mol. The minimum Gasteiger partial charge on any atom is -0.458 e. The topological polar surface area (TPSA) is 76.2 Å². The fourth-order valence-electron chi connectivity index (χ4n) is 0.179. The molecule has 0 rings (SSSR count). The maximum Gasteiger partial charge on any atom is 0.303 e. The second-order valence-corrected chi connectivity index (χ2v) is 1.31. The first kappa shape index (κ1) is 6.94. The summed E-state index contributed by atoms with van der Waals surface area (Å²) in [6.07, 6.45) is 0. The van der Waals surface area contributed by atoms with Crippen LogP contribution >= 0.6 is 0 Å². The van der Waals surface area contributed by atoms with Crippen LogP contribution in [-0.2, 0) is 9.53 Å². The Morgan fingerprint density at radius 3 is 2.50 bits per heavy atom. The maximum absolute atomic E-state index is 9.97. The van der Waals surface area contributed by atoms with Crippen LogP contribution in [-0.4, -0.2) is 18.4 Å². The Balaban J connectivity index is 3.18. The molecule has 0 spiro atoms. The molecule has 0 unspecified atom stereocenters. The number of amidine groups is 1. The van der Waals surface area contributed by atoms with Crippen molar-refractivity contribution in [3.05, 3.63) is 0 Å². The molecular formula is C4H8N2O2. The quantitative estimate of drug-likeness (QED) is 0.289. The maximum atomic E-state index is 9.97. The molecule has 0 atom stereocenters. The second kappa shape index (κ2) is 3.01. The number of nitrogens with one attached hydrogen (secondary N) is 1. The van der Waals surface area contributed by atoms with Gasteiger partial charge in [-0.25, -0.2) is 0 Å². The molecule has 0 aliphatic carbocycles. The van der Waals surface area contributed by atoms with Crippen LogP contribution in [0.15, 0.2) is 0 Å². The van der Waals surface area contributed by atoms with Gasteiger partial charge in [0.2, 0.25) is 0 Å².